The van der Waals surface area contributed by atoms with Gasteiger partial charge >= 0.3 is 0 Å². The van der Waals surface area contributed by atoms with Crippen molar-refractivity contribution in [3.05, 3.63) is 12.7 Å². The second-order valence-corrected chi connectivity index (χ2v) is 4.33. The van der Waals surface area contributed by atoms with Gasteiger partial charge in [0, 0.05) is 6.61 Å². The molecule has 0 bridgehead atoms. The first-order chi connectivity index (χ1) is 6.29. The maximum atomic E-state index is 9.03. The summed E-state index contributed by atoms with van der Waals surface area (Å²) in [5.41, 5.74) is 0.322. The zero-order valence-corrected chi connectivity index (χ0v) is 8.76. The van der Waals surface area contributed by atoms with Crippen molar-refractivity contribution in [1.82, 2.24) is 0 Å². The predicted molar refractivity (Wildman–Crippen MR) is 56.6 cm³/mol. The van der Waals surface area contributed by atoms with Gasteiger partial charge < -0.3 is 5.11 Å². The Morgan fingerprint density at radius 1 is 1.46 bits per heavy atom. The summed E-state index contributed by atoms with van der Waals surface area (Å²) in [5.74, 6) is 0.520. The highest BCUT2D eigenvalue weighted by molar-refractivity contribution is 5.12. The fraction of sp³-hybridized carbons (Fsp3) is 0.833. The summed E-state index contributed by atoms with van der Waals surface area (Å²) < 4.78 is 0. The molecule has 0 aliphatic heterocycles. The molecule has 0 heterocycles. The second kappa shape index (κ2) is 4.80. The molecular weight excluding hydrogens is 160 g/mol. The van der Waals surface area contributed by atoms with Crippen molar-refractivity contribution in [2.75, 3.05) is 6.61 Å². The van der Waals surface area contributed by atoms with Gasteiger partial charge in [-0.15, -0.1) is 6.58 Å². The normalized spacial score (nSPS) is 31.7. The quantitative estimate of drug-likeness (QED) is 0.473. The lowest BCUT2D eigenvalue weighted by Gasteiger charge is -2.10. The molecule has 13 heavy (non-hydrogen) atoms. The standard InChI is InChI=1S/C12H22O/c1-3-5-6-7-8-12(4-2)9-11(12)10-13/h4,11,13H,2-3,5-10H2,1H3/t11-,12+/m0/s1. The molecule has 1 rings (SSSR count). The monoisotopic (exact) mass is 182 g/mol. The van der Waals surface area contributed by atoms with Gasteiger partial charge in [0.2, 0.25) is 0 Å². The van der Waals surface area contributed by atoms with Crippen LogP contribution in [0.3, 0.4) is 0 Å². The van der Waals surface area contributed by atoms with Crippen LogP contribution in [0.25, 0.3) is 0 Å². The van der Waals surface area contributed by atoms with Gasteiger partial charge in [0.1, 0.15) is 0 Å². The predicted octanol–water partition coefficient (Wildman–Crippen LogP) is 3.14. The molecule has 2 atom stereocenters. The Morgan fingerprint density at radius 3 is 2.69 bits per heavy atom. The molecule has 1 aliphatic carbocycles. The first-order valence-corrected chi connectivity index (χ1v) is 5.53. The van der Waals surface area contributed by atoms with E-state index in [0.29, 0.717) is 17.9 Å². The van der Waals surface area contributed by atoms with E-state index in [0.717, 1.165) is 0 Å². The SMILES string of the molecule is C=C[C@@]1(CCCCCC)C[C@H]1CO. The van der Waals surface area contributed by atoms with Crippen LogP contribution in [0.2, 0.25) is 0 Å². The van der Waals surface area contributed by atoms with Crippen molar-refractivity contribution in [3.8, 4) is 0 Å². The molecule has 0 aromatic heterocycles. The molecule has 0 saturated heterocycles. The molecule has 76 valence electrons. The highest BCUT2D eigenvalue weighted by Gasteiger charge is 2.50. The lowest BCUT2D eigenvalue weighted by atomic mass is 9.95. The van der Waals surface area contributed by atoms with Gasteiger partial charge in [-0.2, -0.15) is 0 Å². The highest BCUT2D eigenvalue weighted by atomic mass is 16.3. The van der Waals surface area contributed by atoms with Crippen LogP contribution in [-0.4, -0.2) is 11.7 Å². The van der Waals surface area contributed by atoms with Crippen LogP contribution < -0.4 is 0 Å². The first-order valence-electron chi connectivity index (χ1n) is 5.53. The maximum absolute atomic E-state index is 9.03. The molecule has 0 spiro atoms. The van der Waals surface area contributed by atoms with E-state index in [1.807, 2.05) is 0 Å². The number of rotatable bonds is 7. The summed E-state index contributed by atoms with van der Waals surface area (Å²) in [6.45, 7) is 6.46. The molecule has 0 unspecified atom stereocenters. The molecular formula is C12H22O. The van der Waals surface area contributed by atoms with Crippen LogP contribution >= 0.6 is 0 Å². The molecule has 1 nitrogen and oxygen atoms in total. The average Bonchev–Trinajstić information content (AvgIpc) is 2.87. The van der Waals surface area contributed by atoms with Crippen LogP contribution in [0.4, 0.5) is 0 Å². The zero-order chi connectivity index (χ0) is 9.73. The van der Waals surface area contributed by atoms with E-state index in [1.165, 1.54) is 38.5 Å². The van der Waals surface area contributed by atoms with Crippen molar-refractivity contribution in [2.24, 2.45) is 11.3 Å². The minimum Gasteiger partial charge on any atom is -0.396 e. The molecule has 1 saturated carbocycles. The Balaban J connectivity index is 2.16. The second-order valence-electron chi connectivity index (χ2n) is 4.33. The number of hydrogen-bond acceptors (Lipinski definition) is 1. The Labute approximate surface area is 81.9 Å². The lowest BCUT2D eigenvalue weighted by Crippen LogP contribution is -2.02. The Hall–Kier alpha value is -0.300. The van der Waals surface area contributed by atoms with Gasteiger partial charge in [-0.3, -0.25) is 0 Å². The van der Waals surface area contributed by atoms with Crippen LogP contribution in [0.1, 0.15) is 45.4 Å². The van der Waals surface area contributed by atoms with E-state index in [4.69, 9.17) is 5.11 Å². The van der Waals surface area contributed by atoms with E-state index in [2.05, 4.69) is 19.6 Å². The van der Waals surface area contributed by atoms with E-state index in [9.17, 15) is 0 Å². The van der Waals surface area contributed by atoms with Gasteiger partial charge in [-0.05, 0) is 24.2 Å². The maximum Gasteiger partial charge on any atom is 0.0467 e. The molecule has 0 radical (unpaired) electrons. The van der Waals surface area contributed by atoms with Crippen molar-refractivity contribution in [1.29, 1.82) is 0 Å². The summed E-state index contributed by atoms with van der Waals surface area (Å²) in [4.78, 5) is 0. The van der Waals surface area contributed by atoms with E-state index in [-0.39, 0.29) is 0 Å². The number of aliphatic hydroxyl groups excluding tert-OH is 1. The summed E-state index contributed by atoms with van der Waals surface area (Å²) in [5, 5.41) is 9.03. The number of aliphatic hydroxyl groups is 1. The van der Waals surface area contributed by atoms with Crippen LogP contribution in [-0.2, 0) is 0 Å². The Kier molecular flexibility index (Phi) is 3.98. The minimum atomic E-state index is 0.322. The molecule has 1 N–H and O–H groups in total. The van der Waals surface area contributed by atoms with Gasteiger partial charge in [0.25, 0.3) is 0 Å². The summed E-state index contributed by atoms with van der Waals surface area (Å²) in [6.07, 6.45) is 9.75. The molecule has 1 fully saturated rings. The molecule has 0 aromatic rings. The molecule has 1 aliphatic rings. The number of allylic oxidation sites excluding steroid dienone is 1. The minimum absolute atomic E-state index is 0.322. The fourth-order valence-corrected chi connectivity index (χ4v) is 2.19. The lowest BCUT2D eigenvalue weighted by molar-refractivity contribution is 0.255. The average molecular weight is 182 g/mol. The summed E-state index contributed by atoms with van der Waals surface area (Å²) in [7, 11) is 0. The van der Waals surface area contributed by atoms with Gasteiger partial charge in [-0.25, -0.2) is 0 Å². The largest absolute Gasteiger partial charge is 0.396 e. The highest BCUT2D eigenvalue weighted by Crippen LogP contribution is 2.56. The summed E-state index contributed by atoms with van der Waals surface area (Å²) >= 11 is 0. The molecule has 0 aromatic carbocycles. The van der Waals surface area contributed by atoms with E-state index in [1.54, 1.807) is 0 Å². The van der Waals surface area contributed by atoms with Gasteiger partial charge in [-0.1, -0.05) is 38.7 Å². The van der Waals surface area contributed by atoms with Crippen molar-refractivity contribution in [2.45, 2.75) is 45.4 Å². The van der Waals surface area contributed by atoms with Crippen LogP contribution in [0.15, 0.2) is 12.7 Å². The fourth-order valence-electron chi connectivity index (χ4n) is 2.19. The first kappa shape index (κ1) is 10.8. The third-order valence-corrected chi connectivity index (χ3v) is 3.40. The van der Waals surface area contributed by atoms with Crippen molar-refractivity contribution in [3.63, 3.8) is 0 Å². The Bertz CT molecular complexity index is 165. The molecule has 1 heteroatoms. The van der Waals surface area contributed by atoms with Crippen LogP contribution in [0.5, 0.6) is 0 Å². The van der Waals surface area contributed by atoms with E-state index < -0.39 is 0 Å². The van der Waals surface area contributed by atoms with Crippen molar-refractivity contribution >= 4 is 0 Å². The molecule has 0 amide bonds. The van der Waals surface area contributed by atoms with Crippen molar-refractivity contribution < 1.29 is 5.11 Å². The summed E-state index contributed by atoms with van der Waals surface area (Å²) in [6, 6.07) is 0. The third kappa shape index (κ3) is 2.57. The smallest absolute Gasteiger partial charge is 0.0467 e. The number of unbranched alkanes of at least 4 members (excludes halogenated alkanes) is 3. The topological polar surface area (TPSA) is 20.2 Å². The van der Waals surface area contributed by atoms with Crippen LogP contribution in [0, 0.1) is 11.3 Å². The van der Waals surface area contributed by atoms with E-state index >= 15 is 0 Å². The van der Waals surface area contributed by atoms with Gasteiger partial charge in [0.05, 0.1) is 0 Å². The van der Waals surface area contributed by atoms with Gasteiger partial charge in [0.15, 0.2) is 0 Å². The third-order valence-electron chi connectivity index (χ3n) is 3.40. The number of hydrogen-bond donors (Lipinski definition) is 1. The zero-order valence-electron chi connectivity index (χ0n) is 8.76. The Morgan fingerprint density at radius 2 is 2.23 bits per heavy atom.